The zero-order valence-corrected chi connectivity index (χ0v) is 16.3. The number of rotatable bonds is 5. The van der Waals surface area contributed by atoms with Crippen LogP contribution in [0.15, 0.2) is 29.6 Å². The van der Waals surface area contributed by atoms with Gasteiger partial charge in [-0.25, -0.2) is 4.98 Å². The molecule has 138 valence electrons. The number of thiazole rings is 1. The highest BCUT2D eigenvalue weighted by molar-refractivity contribution is 7.14. The number of carbonyl (C=O) groups is 1. The maximum absolute atomic E-state index is 11.9. The van der Waals surface area contributed by atoms with Crippen LogP contribution in [0.4, 0.5) is 5.13 Å². The van der Waals surface area contributed by atoms with Gasteiger partial charge in [0.05, 0.1) is 18.4 Å². The van der Waals surface area contributed by atoms with Gasteiger partial charge in [-0.2, -0.15) is 0 Å². The van der Waals surface area contributed by atoms with Crippen LogP contribution >= 0.6 is 22.9 Å². The Morgan fingerprint density at radius 3 is 2.96 bits per heavy atom. The van der Waals surface area contributed by atoms with Crippen molar-refractivity contribution in [2.24, 2.45) is 0 Å². The van der Waals surface area contributed by atoms with E-state index in [1.165, 1.54) is 0 Å². The summed E-state index contributed by atoms with van der Waals surface area (Å²) in [5.41, 5.74) is 2.05. The van der Waals surface area contributed by atoms with Gasteiger partial charge in [-0.05, 0) is 18.9 Å². The highest BCUT2D eigenvalue weighted by Crippen LogP contribution is 2.34. The van der Waals surface area contributed by atoms with Crippen molar-refractivity contribution in [3.05, 3.63) is 45.9 Å². The molecule has 7 heteroatoms. The lowest BCUT2D eigenvalue weighted by Gasteiger charge is -2.33. The van der Waals surface area contributed by atoms with Gasteiger partial charge in [-0.15, -0.1) is 11.3 Å². The van der Waals surface area contributed by atoms with Crippen molar-refractivity contribution in [2.75, 3.05) is 24.6 Å². The fourth-order valence-electron chi connectivity index (χ4n) is 3.36. The molecule has 1 unspecified atom stereocenters. The van der Waals surface area contributed by atoms with Crippen LogP contribution in [0.1, 0.15) is 37.1 Å². The van der Waals surface area contributed by atoms with Crippen LogP contribution in [0.2, 0.25) is 5.02 Å². The molecule has 0 spiro atoms. The molecule has 1 aromatic heterocycles. The number of ether oxygens (including phenoxy) is 1. The predicted molar refractivity (Wildman–Crippen MR) is 104 cm³/mol. The van der Waals surface area contributed by atoms with E-state index >= 15 is 0 Å². The van der Waals surface area contributed by atoms with Crippen LogP contribution in [-0.2, 0) is 16.1 Å². The molecule has 4 rings (SSSR count). The van der Waals surface area contributed by atoms with Crippen LogP contribution in [0.5, 0.6) is 0 Å². The molecule has 1 aromatic carbocycles. The van der Waals surface area contributed by atoms with E-state index in [-0.39, 0.29) is 12.0 Å². The van der Waals surface area contributed by atoms with E-state index in [1.807, 2.05) is 29.2 Å². The average Bonchev–Trinajstić information content (AvgIpc) is 3.35. The number of morpholine rings is 1. The topological polar surface area (TPSA) is 45.7 Å². The molecular weight excluding hydrogens is 370 g/mol. The molecule has 0 radical (unpaired) electrons. The van der Waals surface area contributed by atoms with Crippen molar-refractivity contribution in [2.45, 2.75) is 38.5 Å². The molecule has 2 aromatic rings. The summed E-state index contributed by atoms with van der Waals surface area (Å²) >= 11 is 7.88. The van der Waals surface area contributed by atoms with Crippen molar-refractivity contribution >= 4 is 34.0 Å². The van der Waals surface area contributed by atoms with Gasteiger partial charge in [0.25, 0.3) is 0 Å². The molecule has 2 fully saturated rings. The fourth-order valence-corrected chi connectivity index (χ4v) is 4.55. The summed E-state index contributed by atoms with van der Waals surface area (Å²) in [6, 6.07) is 8.20. The molecule has 1 amide bonds. The Bertz CT molecular complexity index is 793. The standard InChI is InChI=1S/C19H22ClN3O2S/c1-13(24)23(15-6-7-15)19-21-14(12-26-19)10-22-8-9-25-18(11-22)16-4-2-3-5-17(16)20/h2-5,12,15,18H,6-11H2,1H3. The third-order valence-electron chi connectivity index (χ3n) is 4.79. The summed E-state index contributed by atoms with van der Waals surface area (Å²) < 4.78 is 5.93. The number of hydrogen-bond acceptors (Lipinski definition) is 5. The Morgan fingerprint density at radius 2 is 2.23 bits per heavy atom. The smallest absolute Gasteiger partial charge is 0.225 e. The second-order valence-electron chi connectivity index (χ2n) is 6.86. The molecule has 26 heavy (non-hydrogen) atoms. The van der Waals surface area contributed by atoms with Crippen molar-refractivity contribution in [3.8, 4) is 0 Å². The SMILES string of the molecule is CC(=O)N(c1nc(CN2CCOC(c3ccccc3Cl)C2)cs1)C1CC1. The largest absolute Gasteiger partial charge is 0.371 e. The molecule has 1 saturated heterocycles. The molecule has 1 atom stereocenters. The van der Waals surface area contributed by atoms with Gasteiger partial charge < -0.3 is 4.74 Å². The number of benzene rings is 1. The maximum Gasteiger partial charge on any atom is 0.225 e. The fraction of sp³-hybridized carbons (Fsp3) is 0.474. The summed E-state index contributed by atoms with van der Waals surface area (Å²) in [6.45, 7) is 4.71. The second-order valence-corrected chi connectivity index (χ2v) is 8.10. The van der Waals surface area contributed by atoms with Gasteiger partial charge in [0.15, 0.2) is 5.13 Å². The van der Waals surface area contributed by atoms with Gasteiger partial charge >= 0.3 is 0 Å². The van der Waals surface area contributed by atoms with Crippen LogP contribution in [0.3, 0.4) is 0 Å². The Labute approximate surface area is 162 Å². The van der Waals surface area contributed by atoms with Gasteiger partial charge in [0, 0.05) is 48.6 Å². The summed E-state index contributed by atoms with van der Waals surface area (Å²) in [7, 11) is 0. The molecular formula is C19H22ClN3O2S. The van der Waals surface area contributed by atoms with E-state index in [9.17, 15) is 4.79 Å². The second kappa shape index (κ2) is 7.64. The third kappa shape index (κ3) is 3.93. The lowest BCUT2D eigenvalue weighted by Crippen LogP contribution is -2.38. The van der Waals surface area contributed by atoms with Crippen LogP contribution < -0.4 is 4.90 Å². The zero-order valence-electron chi connectivity index (χ0n) is 14.7. The zero-order chi connectivity index (χ0) is 18.1. The Morgan fingerprint density at radius 1 is 1.42 bits per heavy atom. The molecule has 1 aliphatic heterocycles. The van der Waals surface area contributed by atoms with E-state index in [2.05, 4.69) is 10.3 Å². The molecule has 0 bridgehead atoms. The van der Waals surface area contributed by atoms with Crippen molar-refractivity contribution < 1.29 is 9.53 Å². The number of nitrogens with zero attached hydrogens (tertiary/aromatic N) is 3. The average molecular weight is 392 g/mol. The highest BCUT2D eigenvalue weighted by atomic mass is 35.5. The van der Waals surface area contributed by atoms with Crippen molar-refractivity contribution in [1.29, 1.82) is 0 Å². The Hall–Kier alpha value is -1.47. The maximum atomic E-state index is 11.9. The Kier molecular flexibility index (Phi) is 5.27. The summed E-state index contributed by atoms with van der Waals surface area (Å²) in [5, 5.41) is 3.64. The minimum Gasteiger partial charge on any atom is -0.371 e. The minimum absolute atomic E-state index is 0.0178. The van der Waals surface area contributed by atoms with E-state index < -0.39 is 0 Å². The highest BCUT2D eigenvalue weighted by Gasteiger charge is 2.34. The van der Waals surface area contributed by atoms with E-state index in [4.69, 9.17) is 21.3 Å². The van der Waals surface area contributed by atoms with Gasteiger partial charge in [-0.1, -0.05) is 29.8 Å². The lowest BCUT2D eigenvalue weighted by molar-refractivity contribution is -0.116. The molecule has 1 aliphatic carbocycles. The summed E-state index contributed by atoms with van der Waals surface area (Å²) in [4.78, 5) is 20.8. The van der Waals surface area contributed by atoms with Crippen LogP contribution in [-0.4, -0.2) is 41.5 Å². The number of carbonyl (C=O) groups excluding carboxylic acids is 1. The number of anilines is 1. The molecule has 2 heterocycles. The monoisotopic (exact) mass is 391 g/mol. The quantitative estimate of drug-likeness (QED) is 0.775. The van der Waals surface area contributed by atoms with E-state index in [0.717, 1.165) is 53.9 Å². The van der Waals surface area contributed by atoms with E-state index in [1.54, 1.807) is 18.3 Å². The summed E-state index contributed by atoms with van der Waals surface area (Å²) in [5.74, 6) is 0.0820. The first kappa shape index (κ1) is 17.9. The van der Waals surface area contributed by atoms with Crippen molar-refractivity contribution in [1.82, 2.24) is 9.88 Å². The first-order valence-electron chi connectivity index (χ1n) is 8.94. The van der Waals surface area contributed by atoms with E-state index in [0.29, 0.717) is 12.6 Å². The normalized spacial score (nSPS) is 20.9. The summed E-state index contributed by atoms with van der Waals surface area (Å²) in [6.07, 6.45) is 2.14. The number of halogens is 1. The molecule has 1 saturated carbocycles. The minimum atomic E-state index is -0.0178. The van der Waals surface area contributed by atoms with Crippen molar-refractivity contribution in [3.63, 3.8) is 0 Å². The molecule has 2 aliphatic rings. The number of hydrogen-bond donors (Lipinski definition) is 0. The first-order valence-corrected chi connectivity index (χ1v) is 10.2. The van der Waals surface area contributed by atoms with Gasteiger partial charge in [0.2, 0.25) is 5.91 Å². The van der Waals surface area contributed by atoms with Crippen LogP contribution in [0, 0.1) is 0 Å². The van der Waals surface area contributed by atoms with Gasteiger partial charge in [-0.3, -0.25) is 14.6 Å². The lowest BCUT2D eigenvalue weighted by atomic mass is 10.1. The third-order valence-corrected chi connectivity index (χ3v) is 6.02. The number of amides is 1. The first-order chi connectivity index (χ1) is 12.6. The molecule has 0 N–H and O–H groups in total. The Balaban J connectivity index is 1.43. The van der Waals surface area contributed by atoms with Crippen LogP contribution in [0.25, 0.3) is 0 Å². The number of aromatic nitrogens is 1. The van der Waals surface area contributed by atoms with Gasteiger partial charge in [0.1, 0.15) is 0 Å². The predicted octanol–water partition coefficient (Wildman–Crippen LogP) is 3.89. The molecule has 5 nitrogen and oxygen atoms in total.